The first-order chi connectivity index (χ1) is 9.47. The van der Waals surface area contributed by atoms with Crippen LogP contribution >= 0.6 is 11.6 Å². The third-order valence-electron chi connectivity index (χ3n) is 3.50. The topological polar surface area (TPSA) is 35.6 Å². The van der Waals surface area contributed by atoms with Gasteiger partial charge in [0.05, 0.1) is 0 Å². The van der Waals surface area contributed by atoms with Crippen LogP contribution in [-0.2, 0) is 0 Å². The van der Waals surface area contributed by atoms with E-state index >= 15 is 0 Å². The molecule has 4 nitrogen and oxygen atoms in total. The highest BCUT2D eigenvalue weighted by atomic mass is 35.5. The number of benzene rings is 1. The summed E-state index contributed by atoms with van der Waals surface area (Å²) in [6.07, 6.45) is 0. The minimum atomic E-state index is 0.0292. The Morgan fingerprint density at radius 2 is 1.90 bits per heavy atom. The van der Waals surface area contributed by atoms with Crippen molar-refractivity contribution in [2.45, 2.75) is 26.8 Å². The van der Waals surface area contributed by atoms with Crippen LogP contribution in [0.1, 0.15) is 19.4 Å². The van der Waals surface area contributed by atoms with Crippen molar-refractivity contribution >= 4 is 23.3 Å². The van der Waals surface area contributed by atoms with E-state index < -0.39 is 0 Å². The molecule has 0 radical (unpaired) electrons. The minimum absolute atomic E-state index is 0.0292. The molecule has 1 saturated heterocycles. The predicted molar refractivity (Wildman–Crippen MR) is 83.6 cm³/mol. The lowest BCUT2D eigenvalue weighted by molar-refractivity contribution is 0.192. The Balaban J connectivity index is 1.94. The average molecular weight is 296 g/mol. The molecule has 2 amide bonds. The summed E-state index contributed by atoms with van der Waals surface area (Å²) in [6, 6.07) is 6.33. The van der Waals surface area contributed by atoms with Gasteiger partial charge in [0.25, 0.3) is 0 Å². The third kappa shape index (κ3) is 3.57. The van der Waals surface area contributed by atoms with E-state index in [1.165, 1.54) is 0 Å². The molecule has 1 aliphatic heterocycles. The Morgan fingerprint density at radius 3 is 2.45 bits per heavy atom. The van der Waals surface area contributed by atoms with Crippen LogP contribution < -0.4 is 10.2 Å². The lowest BCUT2D eigenvalue weighted by atomic mass is 10.2. The molecule has 1 aliphatic rings. The summed E-state index contributed by atoms with van der Waals surface area (Å²) in [5, 5.41) is 3.72. The fourth-order valence-corrected chi connectivity index (χ4v) is 2.46. The number of rotatable bonds is 2. The summed E-state index contributed by atoms with van der Waals surface area (Å²) in [5.74, 6) is 0. The van der Waals surface area contributed by atoms with Crippen molar-refractivity contribution in [3.8, 4) is 0 Å². The van der Waals surface area contributed by atoms with E-state index in [0.29, 0.717) is 0 Å². The first-order valence-corrected chi connectivity index (χ1v) is 7.41. The summed E-state index contributed by atoms with van der Waals surface area (Å²) in [7, 11) is 0. The maximum Gasteiger partial charge on any atom is 0.317 e. The third-order valence-corrected chi connectivity index (χ3v) is 3.91. The van der Waals surface area contributed by atoms with Gasteiger partial charge in [-0.05, 0) is 38.5 Å². The van der Waals surface area contributed by atoms with Crippen molar-refractivity contribution in [1.82, 2.24) is 10.2 Å². The smallest absolute Gasteiger partial charge is 0.317 e. The maximum absolute atomic E-state index is 11.9. The average Bonchev–Trinajstić information content (AvgIpc) is 2.41. The second kappa shape index (κ2) is 6.35. The van der Waals surface area contributed by atoms with Crippen LogP contribution in [0.3, 0.4) is 0 Å². The van der Waals surface area contributed by atoms with E-state index in [1.807, 2.05) is 37.8 Å². The van der Waals surface area contributed by atoms with Crippen LogP contribution in [0.25, 0.3) is 0 Å². The summed E-state index contributed by atoms with van der Waals surface area (Å²) < 4.78 is 0. The predicted octanol–water partition coefficient (Wildman–Crippen LogP) is 2.89. The minimum Gasteiger partial charge on any atom is -0.368 e. The van der Waals surface area contributed by atoms with Gasteiger partial charge < -0.3 is 15.1 Å². The number of hydrogen-bond donors (Lipinski definition) is 1. The van der Waals surface area contributed by atoms with Crippen LogP contribution in [0.2, 0.25) is 5.02 Å². The molecule has 1 N–H and O–H groups in total. The van der Waals surface area contributed by atoms with Crippen LogP contribution in [0, 0.1) is 6.92 Å². The highest BCUT2D eigenvalue weighted by Crippen LogP contribution is 2.24. The van der Waals surface area contributed by atoms with E-state index in [4.69, 9.17) is 11.6 Å². The molecular formula is C15H22ClN3O. The highest BCUT2D eigenvalue weighted by Gasteiger charge is 2.21. The van der Waals surface area contributed by atoms with Gasteiger partial charge in [-0.2, -0.15) is 0 Å². The second-order valence-electron chi connectivity index (χ2n) is 5.51. The molecule has 1 aromatic carbocycles. The zero-order valence-electron chi connectivity index (χ0n) is 12.3. The molecule has 20 heavy (non-hydrogen) atoms. The molecule has 0 bridgehead atoms. The van der Waals surface area contributed by atoms with Crippen molar-refractivity contribution in [3.63, 3.8) is 0 Å². The molecule has 5 heteroatoms. The van der Waals surface area contributed by atoms with Gasteiger partial charge in [-0.3, -0.25) is 0 Å². The van der Waals surface area contributed by atoms with Crippen molar-refractivity contribution in [3.05, 3.63) is 28.8 Å². The fourth-order valence-electron chi connectivity index (χ4n) is 2.28. The molecule has 0 aromatic heterocycles. The van der Waals surface area contributed by atoms with Crippen LogP contribution in [-0.4, -0.2) is 43.2 Å². The molecule has 2 rings (SSSR count). The maximum atomic E-state index is 11.9. The zero-order chi connectivity index (χ0) is 14.7. The number of carbonyl (C=O) groups is 1. The van der Waals surface area contributed by atoms with Crippen molar-refractivity contribution in [1.29, 1.82) is 0 Å². The van der Waals surface area contributed by atoms with Crippen molar-refractivity contribution in [2.24, 2.45) is 0 Å². The number of aryl methyl sites for hydroxylation is 1. The van der Waals surface area contributed by atoms with E-state index in [1.54, 1.807) is 0 Å². The monoisotopic (exact) mass is 295 g/mol. The molecule has 110 valence electrons. The Bertz CT molecular complexity index is 482. The SMILES string of the molecule is Cc1ccc(N2CCN(C(=O)NC(C)C)CC2)cc1Cl. The molecule has 0 unspecified atom stereocenters. The molecule has 0 aliphatic carbocycles. The van der Waals surface area contributed by atoms with Crippen molar-refractivity contribution in [2.75, 3.05) is 31.1 Å². The molecule has 0 spiro atoms. The summed E-state index contributed by atoms with van der Waals surface area (Å²) in [4.78, 5) is 16.1. The van der Waals surface area contributed by atoms with Gasteiger partial charge in [-0.1, -0.05) is 17.7 Å². The summed E-state index contributed by atoms with van der Waals surface area (Å²) in [5.41, 5.74) is 2.22. The fraction of sp³-hybridized carbons (Fsp3) is 0.533. The van der Waals surface area contributed by atoms with E-state index in [-0.39, 0.29) is 12.1 Å². The van der Waals surface area contributed by atoms with Gasteiger partial charge in [0.1, 0.15) is 0 Å². The van der Waals surface area contributed by atoms with Crippen LogP contribution in [0.15, 0.2) is 18.2 Å². The largest absolute Gasteiger partial charge is 0.368 e. The number of nitrogens with zero attached hydrogens (tertiary/aromatic N) is 2. The normalized spacial score (nSPS) is 15.7. The van der Waals surface area contributed by atoms with Gasteiger partial charge in [0.2, 0.25) is 0 Å². The van der Waals surface area contributed by atoms with Gasteiger partial charge in [0.15, 0.2) is 0 Å². The Morgan fingerprint density at radius 1 is 1.25 bits per heavy atom. The number of carbonyl (C=O) groups excluding carboxylic acids is 1. The standard InChI is InChI=1S/C15H22ClN3O/c1-11(2)17-15(20)19-8-6-18(7-9-19)13-5-4-12(3)14(16)10-13/h4-5,10-11H,6-9H2,1-3H3,(H,17,20). The second-order valence-corrected chi connectivity index (χ2v) is 5.92. The Hall–Kier alpha value is -1.42. The molecular weight excluding hydrogens is 274 g/mol. The number of halogens is 1. The zero-order valence-corrected chi connectivity index (χ0v) is 13.1. The number of urea groups is 1. The van der Waals surface area contributed by atoms with Gasteiger partial charge >= 0.3 is 6.03 Å². The lowest BCUT2D eigenvalue weighted by Gasteiger charge is -2.36. The first kappa shape index (κ1) is 15.0. The van der Waals surface area contributed by atoms with Gasteiger partial charge in [-0.15, -0.1) is 0 Å². The molecule has 0 saturated carbocycles. The molecule has 0 atom stereocenters. The Labute approximate surface area is 125 Å². The quantitative estimate of drug-likeness (QED) is 0.910. The van der Waals surface area contributed by atoms with E-state index in [9.17, 15) is 4.79 Å². The number of anilines is 1. The number of piperazine rings is 1. The van der Waals surface area contributed by atoms with Gasteiger partial charge in [-0.25, -0.2) is 4.79 Å². The molecule has 1 heterocycles. The van der Waals surface area contributed by atoms with Crippen molar-refractivity contribution < 1.29 is 4.79 Å². The number of amides is 2. The number of hydrogen-bond acceptors (Lipinski definition) is 2. The first-order valence-electron chi connectivity index (χ1n) is 7.04. The lowest BCUT2D eigenvalue weighted by Crippen LogP contribution is -2.52. The molecule has 1 fully saturated rings. The van der Waals surface area contributed by atoms with Crippen LogP contribution in [0.4, 0.5) is 10.5 Å². The Kier molecular flexibility index (Phi) is 4.76. The molecule has 1 aromatic rings. The van der Waals surface area contributed by atoms with Gasteiger partial charge in [0, 0.05) is 42.9 Å². The summed E-state index contributed by atoms with van der Waals surface area (Å²) >= 11 is 6.17. The summed E-state index contributed by atoms with van der Waals surface area (Å²) in [6.45, 7) is 9.11. The van der Waals surface area contributed by atoms with Crippen LogP contribution in [0.5, 0.6) is 0 Å². The highest BCUT2D eigenvalue weighted by molar-refractivity contribution is 6.31. The van der Waals surface area contributed by atoms with E-state index in [2.05, 4.69) is 16.3 Å². The van der Waals surface area contributed by atoms with E-state index in [0.717, 1.165) is 42.5 Å². The number of nitrogens with one attached hydrogen (secondary N) is 1.